The molecule has 1 aliphatic rings. The Kier molecular flexibility index (Phi) is 3.94. The van der Waals surface area contributed by atoms with Crippen LogP contribution in [0.1, 0.15) is 18.4 Å². The number of thiazole rings is 1. The lowest BCUT2D eigenvalue weighted by Gasteiger charge is -2.27. The van der Waals surface area contributed by atoms with Gasteiger partial charge in [0.15, 0.2) is 5.13 Å². The molecular formula is C16H15N2O3S-. The molecule has 114 valence electrons. The quantitative estimate of drug-likeness (QED) is 0.877. The molecule has 3 rings (SSSR count). The van der Waals surface area contributed by atoms with E-state index < -0.39 is 17.8 Å². The van der Waals surface area contributed by atoms with E-state index in [4.69, 9.17) is 0 Å². The highest BCUT2D eigenvalue weighted by atomic mass is 32.1. The first-order chi connectivity index (χ1) is 10.5. The van der Waals surface area contributed by atoms with E-state index in [1.165, 1.54) is 11.3 Å². The number of carboxylic acids is 1. The van der Waals surface area contributed by atoms with Crippen LogP contribution in [0.5, 0.6) is 0 Å². The average molecular weight is 315 g/mol. The summed E-state index contributed by atoms with van der Waals surface area (Å²) in [6.07, 6.45) is 4.37. The molecule has 1 aromatic carbocycles. The van der Waals surface area contributed by atoms with Gasteiger partial charge in [0.25, 0.3) is 0 Å². The lowest BCUT2D eigenvalue weighted by molar-refractivity contribution is -0.313. The molecule has 1 N–H and O–H groups in total. The van der Waals surface area contributed by atoms with Crippen molar-refractivity contribution in [3.8, 4) is 0 Å². The molecule has 1 aromatic heterocycles. The van der Waals surface area contributed by atoms with Crippen molar-refractivity contribution in [2.75, 3.05) is 5.32 Å². The molecule has 2 atom stereocenters. The Hall–Kier alpha value is -2.21. The molecule has 5 nitrogen and oxygen atoms in total. The predicted molar refractivity (Wildman–Crippen MR) is 83.3 cm³/mol. The maximum absolute atomic E-state index is 12.4. The number of fused-ring (bicyclic) bond motifs is 1. The van der Waals surface area contributed by atoms with Crippen LogP contribution in [0.4, 0.5) is 5.13 Å². The Morgan fingerprint density at radius 1 is 1.27 bits per heavy atom. The summed E-state index contributed by atoms with van der Waals surface area (Å²) in [6, 6.07) is 5.88. The number of rotatable bonds is 3. The van der Waals surface area contributed by atoms with Gasteiger partial charge in [0.2, 0.25) is 5.91 Å². The summed E-state index contributed by atoms with van der Waals surface area (Å²) in [5.41, 5.74) is 1.95. The topological polar surface area (TPSA) is 82.1 Å². The first-order valence-corrected chi connectivity index (χ1v) is 7.90. The molecule has 0 spiro atoms. The summed E-state index contributed by atoms with van der Waals surface area (Å²) in [6.45, 7) is 2.00. The van der Waals surface area contributed by atoms with Gasteiger partial charge in [-0.1, -0.05) is 29.6 Å². The van der Waals surface area contributed by atoms with E-state index in [1.807, 2.05) is 31.2 Å². The Balaban J connectivity index is 1.80. The van der Waals surface area contributed by atoms with Crippen molar-refractivity contribution in [2.45, 2.75) is 19.8 Å². The molecule has 0 fully saturated rings. The number of anilines is 1. The van der Waals surface area contributed by atoms with E-state index in [0.717, 1.165) is 15.8 Å². The largest absolute Gasteiger partial charge is 0.550 e. The summed E-state index contributed by atoms with van der Waals surface area (Å²) >= 11 is 1.39. The molecule has 1 heterocycles. The van der Waals surface area contributed by atoms with Crippen LogP contribution in [0.25, 0.3) is 10.2 Å². The minimum absolute atomic E-state index is 0.311. The highest BCUT2D eigenvalue weighted by molar-refractivity contribution is 7.22. The highest BCUT2D eigenvalue weighted by Crippen LogP contribution is 2.30. The summed E-state index contributed by atoms with van der Waals surface area (Å²) in [4.78, 5) is 27.9. The fraction of sp³-hybridized carbons (Fsp3) is 0.312. The van der Waals surface area contributed by atoms with E-state index in [0.29, 0.717) is 18.0 Å². The molecule has 0 saturated heterocycles. The fourth-order valence-corrected chi connectivity index (χ4v) is 3.61. The van der Waals surface area contributed by atoms with Crippen molar-refractivity contribution >= 4 is 38.6 Å². The van der Waals surface area contributed by atoms with Gasteiger partial charge in [0, 0.05) is 11.9 Å². The normalized spacial score (nSPS) is 21.0. The maximum Gasteiger partial charge on any atom is 0.230 e. The Labute approximate surface area is 131 Å². The summed E-state index contributed by atoms with van der Waals surface area (Å²) < 4.78 is 0.996. The number of nitrogens with zero attached hydrogens (tertiary/aromatic N) is 1. The maximum atomic E-state index is 12.4. The van der Waals surface area contributed by atoms with Gasteiger partial charge in [0.05, 0.1) is 16.1 Å². The zero-order valence-corrected chi connectivity index (χ0v) is 12.9. The monoisotopic (exact) mass is 315 g/mol. The molecule has 2 aromatic rings. The number of benzene rings is 1. The van der Waals surface area contributed by atoms with Gasteiger partial charge in [-0.25, -0.2) is 4.98 Å². The van der Waals surface area contributed by atoms with Crippen LogP contribution in [0.3, 0.4) is 0 Å². The van der Waals surface area contributed by atoms with Crippen LogP contribution < -0.4 is 10.4 Å². The number of aliphatic carboxylic acids is 1. The average Bonchev–Trinajstić information content (AvgIpc) is 2.88. The van der Waals surface area contributed by atoms with Gasteiger partial charge < -0.3 is 15.2 Å². The van der Waals surface area contributed by atoms with E-state index in [9.17, 15) is 14.7 Å². The number of hydrogen-bond donors (Lipinski definition) is 1. The van der Waals surface area contributed by atoms with Crippen LogP contribution in [-0.2, 0) is 9.59 Å². The third-order valence-electron chi connectivity index (χ3n) is 3.85. The van der Waals surface area contributed by atoms with Crippen LogP contribution >= 0.6 is 11.3 Å². The second kappa shape index (κ2) is 5.88. The lowest BCUT2D eigenvalue weighted by Crippen LogP contribution is -2.41. The summed E-state index contributed by atoms with van der Waals surface area (Å²) in [5.74, 6) is -2.87. The van der Waals surface area contributed by atoms with Gasteiger partial charge in [-0.15, -0.1) is 0 Å². The Morgan fingerprint density at radius 2 is 2.00 bits per heavy atom. The van der Waals surface area contributed by atoms with E-state index in [-0.39, 0.29) is 5.91 Å². The zero-order chi connectivity index (χ0) is 15.7. The number of carbonyl (C=O) groups excluding carboxylic acids is 2. The van der Waals surface area contributed by atoms with Crippen molar-refractivity contribution in [3.63, 3.8) is 0 Å². The lowest BCUT2D eigenvalue weighted by atomic mass is 9.82. The Bertz CT molecular complexity index is 766. The molecule has 0 unspecified atom stereocenters. The van der Waals surface area contributed by atoms with Crippen molar-refractivity contribution in [2.24, 2.45) is 11.8 Å². The van der Waals surface area contributed by atoms with Crippen molar-refractivity contribution < 1.29 is 14.7 Å². The van der Waals surface area contributed by atoms with Gasteiger partial charge >= 0.3 is 0 Å². The molecule has 1 amide bonds. The van der Waals surface area contributed by atoms with Gasteiger partial charge in [0.1, 0.15) is 0 Å². The molecule has 1 aliphatic carbocycles. The van der Waals surface area contributed by atoms with Gasteiger partial charge in [-0.05, 0) is 37.5 Å². The molecule has 6 heteroatoms. The number of aryl methyl sites for hydroxylation is 1. The number of nitrogens with one attached hydrogen (secondary N) is 1. The molecule has 0 saturated carbocycles. The Morgan fingerprint density at radius 3 is 2.73 bits per heavy atom. The number of hydrogen-bond acceptors (Lipinski definition) is 5. The smallest absolute Gasteiger partial charge is 0.230 e. The van der Waals surface area contributed by atoms with Crippen molar-refractivity contribution in [1.82, 2.24) is 4.98 Å². The van der Waals surface area contributed by atoms with Crippen LogP contribution in [0.15, 0.2) is 30.4 Å². The number of carboxylic acid groups (broad SMARTS) is 1. The minimum Gasteiger partial charge on any atom is -0.550 e. The molecule has 22 heavy (non-hydrogen) atoms. The van der Waals surface area contributed by atoms with E-state index >= 15 is 0 Å². The van der Waals surface area contributed by atoms with E-state index in [2.05, 4.69) is 10.3 Å². The zero-order valence-electron chi connectivity index (χ0n) is 12.0. The standard InChI is InChI=1S/C16H16N2O3S/c1-9-6-7-12-13(8-9)22-16(17-12)18-14(19)10-4-2-3-5-11(10)15(20)21/h2-3,6-8,10-11H,4-5H2,1H3,(H,20,21)(H,17,18,19)/p-1/t10-,11+/m0/s1. The first-order valence-electron chi connectivity index (χ1n) is 7.08. The molecular weight excluding hydrogens is 300 g/mol. The second-order valence-electron chi connectivity index (χ2n) is 5.45. The van der Waals surface area contributed by atoms with Gasteiger partial charge in [-0.3, -0.25) is 4.79 Å². The fourth-order valence-electron chi connectivity index (χ4n) is 2.65. The van der Waals surface area contributed by atoms with E-state index in [1.54, 1.807) is 6.08 Å². The molecule has 0 bridgehead atoms. The number of aromatic nitrogens is 1. The SMILES string of the molecule is Cc1ccc2nc(NC(=O)[C@H]3CC=CC[C@H]3C(=O)[O-])sc2c1. The van der Waals surface area contributed by atoms with Crippen LogP contribution in [-0.4, -0.2) is 16.9 Å². The van der Waals surface area contributed by atoms with Gasteiger partial charge in [-0.2, -0.15) is 0 Å². The summed E-state index contributed by atoms with van der Waals surface area (Å²) in [7, 11) is 0. The minimum atomic E-state index is -1.18. The first kappa shape index (κ1) is 14.7. The summed E-state index contributed by atoms with van der Waals surface area (Å²) in [5, 5.41) is 14.4. The second-order valence-corrected chi connectivity index (χ2v) is 6.48. The molecule has 0 radical (unpaired) electrons. The van der Waals surface area contributed by atoms with Crippen LogP contribution in [0, 0.1) is 18.8 Å². The number of allylic oxidation sites excluding steroid dienone is 2. The van der Waals surface area contributed by atoms with Crippen LogP contribution in [0.2, 0.25) is 0 Å². The highest BCUT2D eigenvalue weighted by Gasteiger charge is 2.30. The third kappa shape index (κ3) is 2.87. The van der Waals surface area contributed by atoms with Crippen molar-refractivity contribution in [3.05, 3.63) is 35.9 Å². The third-order valence-corrected chi connectivity index (χ3v) is 4.78. The van der Waals surface area contributed by atoms with Crippen molar-refractivity contribution in [1.29, 1.82) is 0 Å². The number of amides is 1. The number of carbonyl (C=O) groups is 2. The molecule has 0 aliphatic heterocycles. The predicted octanol–water partition coefficient (Wildman–Crippen LogP) is 1.88.